The minimum absolute atomic E-state index is 0.0912. The standard InChI is InChI=1S/C16H26N2O3S/c1-3-14-4-7-16(21-14)12(2)17-13-8-10-18(11-9-13)22(19,20)15-5-6-15/h4,7,12-13,15,17H,3,5-6,8-11H2,1-2H3/t12-/m1/s1. The van der Waals surface area contributed by atoms with Crippen molar-refractivity contribution in [1.82, 2.24) is 9.62 Å². The maximum Gasteiger partial charge on any atom is 0.216 e. The van der Waals surface area contributed by atoms with Crippen LogP contribution in [0.3, 0.4) is 0 Å². The predicted molar refractivity (Wildman–Crippen MR) is 86.2 cm³/mol. The molecular formula is C16H26N2O3S. The van der Waals surface area contributed by atoms with Crippen molar-refractivity contribution in [3.8, 4) is 0 Å². The third-order valence-electron chi connectivity index (χ3n) is 4.70. The molecule has 0 unspecified atom stereocenters. The number of piperidine rings is 1. The van der Waals surface area contributed by atoms with E-state index in [1.54, 1.807) is 4.31 Å². The second kappa shape index (κ2) is 6.34. The van der Waals surface area contributed by atoms with E-state index in [9.17, 15) is 8.42 Å². The van der Waals surface area contributed by atoms with Gasteiger partial charge in [-0.2, -0.15) is 0 Å². The topological polar surface area (TPSA) is 62.6 Å². The van der Waals surface area contributed by atoms with Crippen LogP contribution >= 0.6 is 0 Å². The molecule has 1 saturated carbocycles. The fraction of sp³-hybridized carbons (Fsp3) is 0.750. The number of hydrogen-bond acceptors (Lipinski definition) is 4. The summed E-state index contributed by atoms with van der Waals surface area (Å²) in [5.74, 6) is 1.97. The van der Waals surface area contributed by atoms with Crippen molar-refractivity contribution in [1.29, 1.82) is 0 Å². The second-order valence-electron chi connectivity index (χ2n) is 6.46. The first-order valence-corrected chi connectivity index (χ1v) is 9.84. The molecule has 0 radical (unpaired) electrons. The molecule has 0 spiro atoms. The van der Waals surface area contributed by atoms with Crippen molar-refractivity contribution in [2.45, 2.75) is 63.3 Å². The smallest absolute Gasteiger partial charge is 0.216 e. The highest BCUT2D eigenvalue weighted by molar-refractivity contribution is 7.90. The molecule has 1 saturated heterocycles. The van der Waals surface area contributed by atoms with Gasteiger partial charge in [0.05, 0.1) is 11.3 Å². The van der Waals surface area contributed by atoms with Crippen LogP contribution in [0.1, 0.15) is 57.1 Å². The Kier molecular flexibility index (Phi) is 4.61. The monoisotopic (exact) mass is 326 g/mol. The normalized spacial score (nSPS) is 22.8. The van der Waals surface area contributed by atoms with E-state index >= 15 is 0 Å². The van der Waals surface area contributed by atoms with Crippen molar-refractivity contribution in [2.24, 2.45) is 0 Å². The van der Waals surface area contributed by atoms with Gasteiger partial charge in [0.15, 0.2) is 0 Å². The Morgan fingerprint density at radius 3 is 2.50 bits per heavy atom. The Labute approximate surface area is 133 Å². The van der Waals surface area contributed by atoms with Crippen LogP contribution in [0.4, 0.5) is 0 Å². The number of hydrogen-bond donors (Lipinski definition) is 1. The van der Waals surface area contributed by atoms with Crippen molar-refractivity contribution in [3.63, 3.8) is 0 Å². The van der Waals surface area contributed by atoms with Gasteiger partial charge in [-0.05, 0) is 44.7 Å². The number of nitrogens with zero attached hydrogens (tertiary/aromatic N) is 1. The molecule has 2 heterocycles. The molecule has 2 fully saturated rings. The molecule has 5 nitrogen and oxygen atoms in total. The quantitative estimate of drug-likeness (QED) is 0.872. The molecule has 124 valence electrons. The maximum atomic E-state index is 12.2. The van der Waals surface area contributed by atoms with Gasteiger partial charge < -0.3 is 9.73 Å². The van der Waals surface area contributed by atoms with Gasteiger partial charge in [0.25, 0.3) is 0 Å². The summed E-state index contributed by atoms with van der Waals surface area (Å²) >= 11 is 0. The Hall–Kier alpha value is -0.850. The summed E-state index contributed by atoms with van der Waals surface area (Å²) < 4.78 is 31.9. The van der Waals surface area contributed by atoms with Crippen LogP contribution in [0, 0.1) is 0 Å². The molecule has 0 bridgehead atoms. The second-order valence-corrected chi connectivity index (χ2v) is 8.68. The SMILES string of the molecule is CCc1ccc([C@@H](C)NC2CCN(S(=O)(=O)C3CC3)CC2)o1. The third-order valence-corrected chi connectivity index (χ3v) is 7.10. The van der Waals surface area contributed by atoms with Crippen LogP contribution in [0.5, 0.6) is 0 Å². The fourth-order valence-corrected chi connectivity index (χ4v) is 4.98. The van der Waals surface area contributed by atoms with E-state index in [1.807, 2.05) is 12.1 Å². The summed E-state index contributed by atoms with van der Waals surface area (Å²) in [6, 6.07) is 4.58. The zero-order chi connectivity index (χ0) is 15.7. The molecule has 1 N–H and O–H groups in total. The van der Waals surface area contributed by atoms with Crippen LogP contribution < -0.4 is 5.32 Å². The molecule has 1 atom stereocenters. The highest BCUT2D eigenvalue weighted by Crippen LogP contribution is 2.32. The zero-order valence-corrected chi connectivity index (χ0v) is 14.2. The van der Waals surface area contributed by atoms with E-state index in [1.165, 1.54) is 0 Å². The van der Waals surface area contributed by atoms with Gasteiger partial charge in [0, 0.05) is 25.6 Å². The lowest BCUT2D eigenvalue weighted by molar-refractivity contribution is 0.267. The van der Waals surface area contributed by atoms with E-state index in [2.05, 4.69) is 19.2 Å². The predicted octanol–water partition coefficient (Wildman–Crippen LogP) is 2.45. The van der Waals surface area contributed by atoms with E-state index in [4.69, 9.17) is 4.42 Å². The third kappa shape index (κ3) is 3.39. The van der Waals surface area contributed by atoms with Gasteiger partial charge in [-0.1, -0.05) is 6.92 Å². The lowest BCUT2D eigenvalue weighted by Crippen LogP contribution is -2.46. The van der Waals surface area contributed by atoms with Crippen LogP contribution in [-0.4, -0.2) is 37.1 Å². The summed E-state index contributed by atoms with van der Waals surface area (Å²) in [4.78, 5) is 0. The van der Waals surface area contributed by atoms with Crippen LogP contribution in [-0.2, 0) is 16.4 Å². The molecule has 1 aliphatic heterocycles. The molecule has 2 aliphatic rings. The lowest BCUT2D eigenvalue weighted by atomic mass is 10.1. The first kappa shape index (κ1) is 16.0. The number of rotatable bonds is 6. The molecular weight excluding hydrogens is 300 g/mol. The Bertz CT molecular complexity index is 599. The van der Waals surface area contributed by atoms with Crippen molar-refractivity contribution in [3.05, 3.63) is 23.7 Å². The van der Waals surface area contributed by atoms with Crippen LogP contribution in [0.2, 0.25) is 0 Å². The van der Waals surface area contributed by atoms with E-state index in [-0.39, 0.29) is 11.3 Å². The first-order valence-electron chi connectivity index (χ1n) is 8.34. The molecule has 1 aliphatic carbocycles. The van der Waals surface area contributed by atoms with Gasteiger partial charge in [-0.15, -0.1) is 0 Å². The molecule has 0 aromatic carbocycles. The van der Waals surface area contributed by atoms with Crippen LogP contribution in [0.15, 0.2) is 16.5 Å². The lowest BCUT2D eigenvalue weighted by Gasteiger charge is -2.33. The molecule has 3 rings (SSSR count). The van der Waals surface area contributed by atoms with Gasteiger partial charge in [-0.25, -0.2) is 12.7 Å². The summed E-state index contributed by atoms with van der Waals surface area (Å²) in [5, 5.41) is 3.48. The van der Waals surface area contributed by atoms with Crippen molar-refractivity contribution >= 4 is 10.0 Å². The molecule has 1 aromatic heterocycles. The Balaban J connectivity index is 1.51. The maximum absolute atomic E-state index is 12.2. The zero-order valence-electron chi connectivity index (χ0n) is 13.4. The Morgan fingerprint density at radius 2 is 1.95 bits per heavy atom. The molecule has 6 heteroatoms. The van der Waals surface area contributed by atoms with Gasteiger partial charge >= 0.3 is 0 Å². The number of sulfonamides is 1. The summed E-state index contributed by atoms with van der Waals surface area (Å²) in [5.41, 5.74) is 0. The van der Waals surface area contributed by atoms with Gasteiger partial charge in [0.2, 0.25) is 10.0 Å². The van der Waals surface area contributed by atoms with Crippen molar-refractivity contribution < 1.29 is 12.8 Å². The number of furan rings is 1. The van der Waals surface area contributed by atoms with E-state index in [0.717, 1.165) is 43.6 Å². The molecule has 0 amide bonds. The Morgan fingerprint density at radius 1 is 1.27 bits per heavy atom. The highest BCUT2D eigenvalue weighted by Gasteiger charge is 2.41. The van der Waals surface area contributed by atoms with E-state index in [0.29, 0.717) is 19.1 Å². The summed E-state index contributed by atoms with van der Waals surface area (Å²) in [6.07, 6.45) is 4.34. The van der Waals surface area contributed by atoms with Gasteiger partial charge in [-0.3, -0.25) is 0 Å². The minimum atomic E-state index is -3.01. The summed E-state index contributed by atoms with van der Waals surface area (Å²) in [7, 11) is -3.01. The van der Waals surface area contributed by atoms with Crippen LogP contribution in [0.25, 0.3) is 0 Å². The van der Waals surface area contributed by atoms with Gasteiger partial charge in [0.1, 0.15) is 11.5 Å². The minimum Gasteiger partial charge on any atom is -0.464 e. The first-order chi connectivity index (χ1) is 10.5. The van der Waals surface area contributed by atoms with Crippen molar-refractivity contribution in [2.75, 3.05) is 13.1 Å². The fourth-order valence-electron chi connectivity index (χ4n) is 3.11. The number of nitrogens with one attached hydrogen (secondary N) is 1. The number of aryl methyl sites for hydroxylation is 1. The highest BCUT2D eigenvalue weighted by atomic mass is 32.2. The largest absolute Gasteiger partial charge is 0.464 e. The molecule has 1 aromatic rings. The average Bonchev–Trinajstić information content (AvgIpc) is 3.26. The average molecular weight is 326 g/mol. The van der Waals surface area contributed by atoms with E-state index < -0.39 is 10.0 Å². The summed E-state index contributed by atoms with van der Waals surface area (Å²) in [6.45, 7) is 5.46. The molecule has 22 heavy (non-hydrogen) atoms.